The summed E-state index contributed by atoms with van der Waals surface area (Å²) >= 11 is 0. The minimum absolute atomic E-state index is 0.0124. The number of nitro groups is 1. The molecule has 3 aliphatic rings. The molecule has 10 heteroatoms. The molecule has 1 aromatic rings. The van der Waals surface area contributed by atoms with Crippen LogP contribution in [0.4, 0.5) is 15.8 Å². The highest BCUT2D eigenvalue weighted by Gasteiger charge is 2.42. The first-order valence-corrected chi connectivity index (χ1v) is 12.9. The maximum Gasteiger partial charge on any atom is 0.296 e. The van der Waals surface area contributed by atoms with Gasteiger partial charge in [0.25, 0.3) is 5.69 Å². The Morgan fingerprint density at radius 2 is 1.91 bits per heavy atom. The molecule has 0 aromatic heterocycles. The van der Waals surface area contributed by atoms with Crippen LogP contribution in [0.5, 0.6) is 0 Å². The van der Waals surface area contributed by atoms with E-state index in [1.54, 1.807) is 6.07 Å². The SMILES string of the molecule is Cc1c(S(=O)(=O)N2CCOCC3(CCCC3)C2)ccc(N2CCC(CF)CC2)c1[N+](=O)[O-]. The molecule has 0 bridgehead atoms. The molecule has 32 heavy (non-hydrogen) atoms. The molecule has 0 atom stereocenters. The van der Waals surface area contributed by atoms with Gasteiger partial charge in [0.15, 0.2) is 0 Å². The number of nitro benzene ring substituents is 1. The van der Waals surface area contributed by atoms with E-state index < -0.39 is 14.9 Å². The molecule has 2 aliphatic heterocycles. The standard InChI is InChI=1S/C22H32FN3O5S/c1-17-20(32(29,30)25-12-13-31-16-22(15-25)8-2-3-9-22)5-4-19(21(17)26(27)28)24-10-6-18(14-23)7-11-24/h4-5,18H,2-3,6-16H2,1H3. The van der Waals surface area contributed by atoms with E-state index in [4.69, 9.17) is 4.74 Å². The number of halogens is 1. The van der Waals surface area contributed by atoms with Crippen LogP contribution in [0.1, 0.15) is 44.1 Å². The van der Waals surface area contributed by atoms with Gasteiger partial charge in [0.1, 0.15) is 5.69 Å². The molecule has 2 saturated heterocycles. The first-order chi connectivity index (χ1) is 15.3. The van der Waals surface area contributed by atoms with Crippen molar-refractivity contribution in [2.24, 2.45) is 11.3 Å². The molecule has 1 aromatic carbocycles. The van der Waals surface area contributed by atoms with Gasteiger partial charge in [-0.2, -0.15) is 4.31 Å². The van der Waals surface area contributed by atoms with Crippen molar-refractivity contribution in [3.63, 3.8) is 0 Å². The third kappa shape index (κ3) is 4.36. The van der Waals surface area contributed by atoms with Gasteiger partial charge in [0.05, 0.1) is 29.7 Å². The van der Waals surface area contributed by atoms with Crippen LogP contribution in [0.25, 0.3) is 0 Å². The second-order valence-electron chi connectivity index (χ2n) is 9.50. The van der Waals surface area contributed by atoms with Crippen molar-refractivity contribution in [3.8, 4) is 0 Å². The quantitative estimate of drug-likeness (QED) is 0.483. The first kappa shape index (κ1) is 23.4. The third-order valence-corrected chi connectivity index (χ3v) is 9.39. The minimum Gasteiger partial charge on any atom is -0.379 e. The van der Waals surface area contributed by atoms with Crippen LogP contribution in [0, 0.1) is 28.4 Å². The number of hydrogen-bond donors (Lipinski definition) is 0. The number of hydrogen-bond acceptors (Lipinski definition) is 6. The smallest absolute Gasteiger partial charge is 0.296 e. The molecule has 1 spiro atoms. The van der Waals surface area contributed by atoms with Gasteiger partial charge in [-0.1, -0.05) is 12.8 Å². The highest BCUT2D eigenvalue weighted by Crippen LogP contribution is 2.42. The molecular formula is C22H32FN3O5S. The van der Waals surface area contributed by atoms with Gasteiger partial charge in [-0.3, -0.25) is 14.5 Å². The van der Waals surface area contributed by atoms with Gasteiger partial charge in [-0.25, -0.2) is 8.42 Å². The van der Waals surface area contributed by atoms with Crippen LogP contribution in [0.2, 0.25) is 0 Å². The number of anilines is 1. The molecule has 0 radical (unpaired) electrons. The van der Waals surface area contributed by atoms with Crippen molar-refractivity contribution in [2.75, 3.05) is 51.0 Å². The highest BCUT2D eigenvalue weighted by molar-refractivity contribution is 7.89. The molecule has 1 aliphatic carbocycles. The van der Waals surface area contributed by atoms with Crippen LogP contribution in [0.3, 0.4) is 0 Å². The zero-order valence-electron chi connectivity index (χ0n) is 18.6. The fourth-order valence-electron chi connectivity index (χ4n) is 5.49. The van der Waals surface area contributed by atoms with Crippen molar-refractivity contribution in [2.45, 2.75) is 50.3 Å². The van der Waals surface area contributed by atoms with E-state index in [0.29, 0.717) is 51.4 Å². The molecule has 2 heterocycles. The normalized spacial score (nSPS) is 22.9. The summed E-state index contributed by atoms with van der Waals surface area (Å²) < 4.78 is 47.5. The average molecular weight is 470 g/mol. The number of rotatable bonds is 5. The Labute approximate surface area is 188 Å². The molecule has 178 valence electrons. The Balaban J connectivity index is 1.67. The van der Waals surface area contributed by atoms with Crippen LogP contribution in [-0.2, 0) is 14.8 Å². The summed E-state index contributed by atoms with van der Waals surface area (Å²) in [6, 6.07) is 3.05. The summed E-state index contributed by atoms with van der Waals surface area (Å²) in [6.07, 6.45) is 5.26. The third-order valence-electron chi connectivity index (χ3n) is 7.40. The lowest BCUT2D eigenvalue weighted by molar-refractivity contribution is -0.384. The van der Waals surface area contributed by atoms with E-state index in [9.17, 15) is 22.9 Å². The predicted molar refractivity (Wildman–Crippen MR) is 119 cm³/mol. The van der Waals surface area contributed by atoms with Gasteiger partial charge >= 0.3 is 0 Å². The van der Waals surface area contributed by atoms with Crippen LogP contribution in [-0.4, -0.2) is 63.7 Å². The monoisotopic (exact) mass is 469 g/mol. The van der Waals surface area contributed by atoms with Gasteiger partial charge in [-0.05, 0) is 50.7 Å². The summed E-state index contributed by atoms with van der Waals surface area (Å²) in [5.74, 6) is -0.0146. The van der Waals surface area contributed by atoms with Crippen molar-refractivity contribution < 1.29 is 22.5 Å². The number of benzene rings is 1. The van der Waals surface area contributed by atoms with Crippen LogP contribution >= 0.6 is 0 Å². The topological polar surface area (TPSA) is 93.0 Å². The van der Waals surface area contributed by atoms with Gasteiger partial charge in [0.2, 0.25) is 10.0 Å². The first-order valence-electron chi connectivity index (χ1n) is 11.4. The molecule has 0 N–H and O–H groups in total. The van der Waals surface area contributed by atoms with Crippen molar-refractivity contribution in [1.29, 1.82) is 0 Å². The largest absolute Gasteiger partial charge is 0.379 e. The second-order valence-corrected chi connectivity index (χ2v) is 11.4. The van der Waals surface area contributed by atoms with Gasteiger partial charge in [-0.15, -0.1) is 0 Å². The Hall–Kier alpha value is -1.78. The summed E-state index contributed by atoms with van der Waals surface area (Å²) in [5, 5.41) is 12.0. The summed E-state index contributed by atoms with van der Waals surface area (Å²) in [7, 11) is -3.91. The summed E-state index contributed by atoms with van der Waals surface area (Å²) in [4.78, 5) is 13.4. The predicted octanol–water partition coefficient (Wildman–Crippen LogP) is 3.67. The van der Waals surface area contributed by atoms with E-state index in [0.717, 1.165) is 25.7 Å². The molecular weight excluding hydrogens is 437 g/mol. The minimum atomic E-state index is -3.91. The Bertz CT molecular complexity index is 957. The molecule has 0 amide bonds. The average Bonchev–Trinajstić information content (AvgIpc) is 3.12. The van der Waals surface area contributed by atoms with Gasteiger partial charge in [0, 0.05) is 37.2 Å². The summed E-state index contributed by atoms with van der Waals surface area (Å²) in [6.45, 7) is 3.70. The van der Waals surface area contributed by atoms with Crippen molar-refractivity contribution in [3.05, 3.63) is 27.8 Å². The molecule has 4 rings (SSSR count). The van der Waals surface area contributed by atoms with Crippen LogP contribution < -0.4 is 4.90 Å². The lowest BCUT2D eigenvalue weighted by atomic mass is 9.87. The Kier molecular flexibility index (Phi) is 6.74. The maximum atomic E-state index is 13.6. The van der Waals surface area contributed by atoms with E-state index in [2.05, 4.69) is 0 Å². The molecule has 8 nitrogen and oxygen atoms in total. The van der Waals surface area contributed by atoms with E-state index in [-0.39, 0.29) is 40.7 Å². The fourth-order valence-corrected chi connectivity index (χ4v) is 7.25. The van der Waals surface area contributed by atoms with E-state index in [1.165, 1.54) is 17.3 Å². The molecule has 1 saturated carbocycles. The Morgan fingerprint density at radius 3 is 2.53 bits per heavy atom. The number of ether oxygens (including phenoxy) is 1. The van der Waals surface area contributed by atoms with Crippen molar-refractivity contribution in [1.82, 2.24) is 4.31 Å². The number of sulfonamides is 1. The second kappa shape index (κ2) is 9.23. The Morgan fingerprint density at radius 1 is 1.22 bits per heavy atom. The molecule has 0 unspecified atom stereocenters. The number of piperidine rings is 1. The zero-order chi connectivity index (χ0) is 22.9. The molecule has 3 fully saturated rings. The summed E-state index contributed by atoms with van der Waals surface area (Å²) in [5.41, 5.74) is 0.233. The highest BCUT2D eigenvalue weighted by atomic mass is 32.2. The van der Waals surface area contributed by atoms with E-state index in [1.807, 2.05) is 4.90 Å². The number of alkyl halides is 1. The van der Waals surface area contributed by atoms with Crippen LogP contribution in [0.15, 0.2) is 17.0 Å². The fraction of sp³-hybridized carbons (Fsp3) is 0.727. The van der Waals surface area contributed by atoms with Crippen molar-refractivity contribution >= 4 is 21.4 Å². The lowest BCUT2D eigenvalue weighted by Gasteiger charge is -2.33. The lowest BCUT2D eigenvalue weighted by Crippen LogP contribution is -2.40. The zero-order valence-corrected chi connectivity index (χ0v) is 19.4. The van der Waals surface area contributed by atoms with Gasteiger partial charge < -0.3 is 9.64 Å². The van der Waals surface area contributed by atoms with E-state index >= 15 is 0 Å². The maximum absolute atomic E-state index is 13.6. The number of nitrogens with zero attached hydrogens (tertiary/aromatic N) is 3.